The van der Waals surface area contributed by atoms with Crippen LogP contribution in [0.25, 0.3) is 0 Å². The van der Waals surface area contributed by atoms with Gasteiger partial charge in [0.25, 0.3) is 5.91 Å². The van der Waals surface area contributed by atoms with Crippen molar-refractivity contribution in [3.63, 3.8) is 0 Å². The Balaban J connectivity index is 1.99. The van der Waals surface area contributed by atoms with Crippen LogP contribution in [-0.2, 0) is 10.0 Å². The van der Waals surface area contributed by atoms with Crippen molar-refractivity contribution in [2.24, 2.45) is 0 Å². The lowest BCUT2D eigenvalue weighted by Gasteiger charge is -2.24. The van der Waals surface area contributed by atoms with Gasteiger partial charge in [-0.1, -0.05) is 0 Å². The number of hydrogen-bond donors (Lipinski definition) is 2. The normalized spacial score (nSPS) is 12.8. The molecule has 0 bridgehead atoms. The van der Waals surface area contributed by atoms with Crippen molar-refractivity contribution in [1.29, 1.82) is 0 Å². The third-order valence-corrected chi connectivity index (χ3v) is 4.77. The van der Waals surface area contributed by atoms with Crippen LogP contribution < -0.4 is 10.0 Å². The summed E-state index contributed by atoms with van der Waals surface area (Å²) in [6.07, 6.45) is 1.08. The third-order valence-electron chi connectivity index (χ3n) is 3.46. The molecule has 2 aromatic rings. The third kappa shape index (κ3) is 5.33. The molecule has 0 saturated carbocycles. The molecule has 0 saturated heterocycles. The van der Waals surface area contributed by atoms with E-state index in [1.54, 1.807) is 35.6 Å². The minimum Gasteiger partial charge on any atom is -0.350 e. The molecule has 0 aliphatic rings. The number of amides is 1. The molecule has 1 heterocycles. The van der Waals surface area contributed by atoms with E-state index in [9.17, 15) is 13.2 Å². The number of sulfonamides is 1. The zero-order valence-corrected chi connectivity index (χ0v) is 15.4. The molecule has 0 aliphatic heterocycles. The molecule has 0 spiro atoms. The maximum atomic E-state index is 12.3. The number of hydrogen-bond acceptors (Lipinski definition) is 5. The largest absolute Gasteiger partial charge is 0.350 e. The zero-order chi connectivity index (χ0) is 17.7. The standard InChI is InChI=1S/C16H21N3O3S2/c1-19(2)15(13-8-9-23-11-13)10-17-16(20)12-4-6-14(7-5-12)18-24(3,21)22/h4-9,11,15,18H,10H2,1-3H3,(H,17,20). The van der Waals surface area contributed by atoms with Gasteiger partial charge in [-0.05, 0) is 60.8 Å². The quantitative estimate of drug-likeness (QED) is 0.786. The maximum absolute atomic E-state index is 12.3. The van der Waals surface area contributed by atoms with Crippen LogP contribution >= 0.6 is 11.3 Å². The van der Waals surface area contributed by atoms with Gasteiger partial charge in [0.05, 0.1) is 12.3 Å². The Morgan fingerprint density at radius 2 is 1.88 bits per heavy atom. The first-order chi connectivity index (χ1) is 11.3. The Bertz CT molecular complexity index is 769. The molecule has 2 N–H and O–H groups in total. The van der Waals surface area contributed by atoms with E-state index in [0.29, 0.717) is 17.8 Å². The predicted octanol–water partition coefficient (Wildman–Crippen LogP) is 2.15. The number of benzene rings is 1. The summed E-state index contributed by atoms with van der Waals surface area (Å²) in [5, 5.41) is 7.01. The number of thiophene rings is 1. The van der Waals surface area contributed by atoms with Crippen LogP contribution in [-0.4, -0.2) is 46.1 Å². The SMILES string of the molecule is CN(C)C(CNC(=O)c1ccc(NS(C)(=O)=O)cc1)c1ccsc1. The van der Waals surface area contributed by atoms with Gasteiger partial charge in [0.2, 0.25) is 10.0 Å². The summed E-state index contributed by atoms with van der Waals surface area (Å²) in [4.78, 5) is 14.3. The Labute approximate surface area is 146 Å². The lowest BCUT2D eigenvalue weighted by atomic mass is 10.1. The average molecular weight is 367 g/mol. The molecule has 1 amide bonds. The Kier molecular flexibility index (Phi) is 5.98. The van der Waals surface area contributed by atoms with Crippen LogP contribution in [0, 0.1) is 0 Å². The highest BCUT2D eigenvalue weighted by molar-refractivity contribution is 7.92. The fraction of sp³-hybridized carbons (Fsp3) is 0.312. The van der Waals surface area contributed by atoms with Crippen molar-refractivity contribution < 1.29 is 13.2 Å². The monoisotopic (exact) mass is 367 g/mol. The van der Waals surface area contributed by atoms with Crippen LogP contribution in [0.5, 0.6) is 0 Å². The molecular formula is C16H21N3O3S2. The van der Waals surface area contributed by atoms with Gasteiger partial charge in [-0.3, -0.25) is 9.52 Å². The second-order valence-electron chi connectivity index (χ2n) is 5.70. The molecule has 0 radical (unpaired) electrons. The minimum atomic E-state index is -3.32. The van der Waals surface area contributed by atoms with Gasteiger partial charge in [0.15, 0.2) is 0 Å². The first-order valence-electron chi connectivity index (χ1n) is 7.31. The lowest BCUT2D eigenvalue weighted by Crippen LogP contribution is -2.34. The molecule has 130 valence electrons. The number of nitrogens with zero attached hydrogens (tertiary/aromatic N) is 1. The van der Waals surface area contributed by atoms with Gasteiger partial charge in [-0.25, -0.2) is 8.42 Å². The number of carbonyl (C=O) groups excluding carboxylic acids is 1. The number of likely N-dealkylation sites (N-methyl/N-ethyl adjacent to an activating group) is 1. The molecule has 1 aromatic heterocycles. The van der Waals surface area contributed by atoms with Crippen LogP contribution in [0.2, 0.25) is 0 Å². The minimum absolute atomic E-state index is 0.103. The van der Waals surface area contributed by atoms with Gasteiger partial charge >= 0.3 is 0 Å². The molecule has 8 heteroatoms. The van der Waals surface area contributed by atoms with Crippen molar-refractivity contribution in [2.75, 3.05) is 31.6 Å². The van der Waals surface area contributed by atoms with E-state index in [-0.39, 0.29) is 11.9 Å². The summed E-state index contributed by atoms with van der Waals surface area (Å²) < 4.78 is 24.7. The second-order valence-corrected chi connectivity index (χ2v) is 8.23. The van der Waals surface area contributed by atoms with Gasteiger partial charge in [0, 0.05) is 17.8 Å². The van der Waals surface area contributed by atoms with Crippen molar-refractivity contribution in [1.82, 2.24) is 10.2 Å². The van der Waals surface area contributed by atoms with E-state index >= 15 is 0 Å². The summed E-state index contributed by atoms with van der Waals surface area (Å²) in [5.74, 6) is -0.192. The van der Waals surface area contributed by atoms with Crippen LogP contribution in [0.3, 0.4) is 0 Å². The van der Waals surface area contributed by atoms with E-state index in [0.717, 1.165) is 11.8 Å². The Morgan fingerprint density at radius 3 is 2.38 bits per heavy atom. The average Bonchev–Trinajstić information content (AvgIpc) is 3.00. The number of carbonyl (C=O) groups is 1. The smallest absolute Gasteiger partial charge is 0.251 e. The first kappa shape index (κ1) is 18.4. The molecule has 1 unspecified atom stereocenters. The Hall–Kier alpha value is -1.90. The molecule has 24 heavy (non-hydrogen) atoms. The van der Waals surface area contributed by atoms with Crippen LogP contribution in [0.4, 0.5) is 5.69 Å². The first-order valence-corrected chi connectivity index (χ1v) is 10.1. The fourth-order valence-electron chi connectivity index (χ4n) is 2.26. The van der Waals surface area contributed by atoms with Gasteiger partial charge in [-0.15, -0.1) is 0 Å². The van der Waals surface area contributed by atoms with Crippen molar-refractivity contribution in [2.45, 2.75) is 6.04 Å². The maximum Gasteiger partial charge on any atom is 0.251 e. The summed E-state index contributed by atoms with van der Waals surface area (Å²) in [7, 11) is 0.623. The molecule has 1 aromatic carbocycles. The highest BCUT2D eigenvalue weighted by Crippen LogP contribution is 2.20. The summed E-state index contributed by atoms with van der Waals surface area (Å²) in [6, 6.07) is 8.48. The van der Waals surface area contributed by atoms with E-state index < -0.39 is 10.0 Å². The van der Waals surface area contributed by atoms with Gasteiger partial charge < -0.3 is 10.2 Å². The molecule has 0 fully saturated rings. The topological polar surface area (TPSA) is 78.5 Å². The summed E-state index contributed by atoms with van der Waals surface area (Å²) in [5.41, 5.74) is 2.08. The van der Waals surface area contributed by atoms with E-state index in [1.807, 2.05) is 25.5 Å². The van der Waals surface area contributed by atoms with Crippen LogP contribution in [0.1, 0.15) is 22.0 Å². The van der Waals surface area contributed by atoms with Crippen LogP contribution in [0.15, 0.2) is 41.1 Å². The second kappa shape index (κ2) is 7.78. The van der Waals surface area contributed by atoms with Crippen molar-refractivity contribution in [3.05, 3.63) is 52.2 Å². The zero-order valence-electron chi connectivity index (χ0n) is 13.8. The van der Waals surface area contributed by atoms with Gasteiger partial charge in [-0.2, -0.15) is 11.3 Å². The van der Waals surface area contributed by atoms with E-state index in [4.69, 9.17) is 0 Å². The summed E-state index contributed by atoms with van der Waals surface area (Å²) in [6.45, 7) is 0.492. The fourth-order valence-corrected chi connectivity index (χ4v) is 3.53. The predicted molar refractivity (Wildman–Crippen MR) is 98.0 cm³/mol. The van der Waals surface area contributed by atoms with E-state index in [1.165, 1.54) is 0 Å². The molecule has 1 atom stereocenters. The van der Waals surface area contributed by atoms with Gasteiger partial charge in [0.1, 0.15) is 0 Å². The van der Waals surface area contributed by atoms with E-state index in [2.05, 4.69) is 20.3 Å². The molecule has 6 nitrogen and oxygen atoms in total. The molecule has 0 aliphatic carbocycles. The van der Waals surface area contributed by atoms with Crippen molar-refractivity contribution in [3.8, 4) is 0 Å². The molecular weight excluding hydrogens is 346 g/mol. The number of rotatable bonds is 7. The Morgan fingerprint density at radius 1 is 1.21 bits per heavy atom. The highest BCUT2D eigenvalue weighted by atomic mass is 32.2. The number of nitrogens with one attached hydrogen (secondary N) is 2. The highest BCUT2D eigenvalue weighted by Gasteiger charge is 2.16. The van der Waals surface area contributed by atoms with Crippen molar-refractivity contribution >= 4 is 33.0 Å². The lowest BCUT2D eigenvalue weighted by molar-refractivity contribution is 0.0942. The number of anilines is 1. The summed E-state index contributed by atoms with van der Waals surface area (Å²) >= 11 is 1.63. The molecule has 2 rings (SSSR count).